The van der Waals surface area contributed by atoms with Crippen LogP contribution in [0.4, 0.5) is 14.9 Å². The topological polar surface area (TPSA) is 71.3 Å². The Morgan fingerprint density at radius 1 is 1.00 bits per heavy atom. The molecule has 0 saturated heterocycles. The minimum atomic E-state index is -0.494. The zero-order chi connectivity index (χ0) is 25.4. The van der Waals surface area contributed by atoms with Crippen LogP contribution in [-0.2, 0) is 6.42 Å². The van der Waals surface area contributed by atoms with Gasteiger partial charge in [0, 0.05) is 11.3 Å². The molecule has 6 nitrogen and oxygen atoms in total. The molecule has 3 aromatic carbocycles. The van der Waals surface area contributed by atoms with Crippen LogP contribution in [0.5, 0.6) is 0 Å². The predicted octanol–water partition coefficient (Wildman–Crippen LogP) is 6.76. The number of benzene rings is 3. The number of hydrogen-bond donors (Lipinski definition) is 1. The lowest BCUT2D eigenvalue weighted by molar-refractivity contribution is 0.244. The van der Waals surface area contributed by atoms with E-state index in [-0.39, 0.29) is 11.8 Å². The van der Waals surface area contributed by atoms with Crippen molar-refractivity contribution >= 4 is 17.3 Å². The number of anilines is 1. The molecular weight excluding hydrogens is 455 g/mol. The lowest BCUT2D eigenvalue weighted by Gasteiger charge is -2.35. The standard InChI is InChI=1S/C29H27FN4O2/c1-5-20-8-12-22(13-9-20)27-32-28(36-33-27)25-19(4)34(23-14-15-24(30)18(3)16-23)29(35)31-26(25)21-10-6-17(2)7-11-21/h6-16,26H,5H2,1-4H3,(H,31,35). The van der Waals surface area contributed by atoms with E-state index in [1.165, 1.54) is 16.5 Å². The number of carbonyl (C=O) groups is 1. The second kappa shape index (κ2) is 9.41. The Morgan fingerprint density at radius 2 is 1.72 bits per heavy atom. The third kappa shape index (κ3) is 4.28. The number of allylic oxidation sites excluding steroid dienone is 1. The summed E-state index contributed by atoms with van der Waals surface area (Å²) >= 11 is 0. The van der Waals surface area contributed by atoms with E-state index in [4.69, 9.17) is 9.51 Å². The fourth-order valence-electron chi connectivity index (χ4n) is 4.45. The van der Waals surface area contributed by atoms with Crippen LogP contribution in [0.2, 0.25) is 0 Å². The van der Waals surface area contributed by atoms with Crippen molar-refractivity contribution in [1.29, 1.82) is 0 Å². The van der Waals surface area contributed by atoms with Gasteiger partial charge in [-0.2, -0.15) is 4.98 Å². The summed E-state index contributed by atoms with van der Waals surface area (Å²) in [5, 5.41) is 7.32. The molecule has 7 heteroatoms. The van der Waals surface area contributed by atoms with Crippen LogP contribution >= 0.6 is 0 Å². The molecule has 36 heavy (non-hydrogen) atoms. The van der Waals surface area contributed by atoms with E-state index in [0.29, 0.717) is 34.2 Å². The first-order valence-corrected chi connectivity index (χ1v) is 11.9. The van der Waals surface area contributed by atoms with Gasteiger partial charge in [0.2, 0.25) is 5.82 Å². The molecule has 2 amide bonds. The molecule has 1 aromatic heterocycles. The maximum absolute atomic E-state index is 14.0. The zero-order valence-electron chi connectivity index (χ0n) is 20.7. The number of nitrogens with zero attached hydrogens (tertiary/aromatic N) is 3. The lowest BCUT2D eigenvalue weighted by atomic mass is 9.94. The molecule has 1 aliphatic heterocycles. The minimum Gasteiger partial charge on any atom is -0.334 e. The maximum atomic E-state index is 14.0. The SMILES string of the molecule is CCc1ccc(-c2noc(C3=C(C)N(c4ccc(F)c(C)c4)C(=O)NC3c3ccc(C)cc3)n2)cc1. The first kappa shape index (κ1) is 23.5. The number of rotatable bonds is 5. The molecule has 5 rings (SSSR count). The number of halogens is 1. The Morgan fingerprint density at radius 3 is 2.39 bits per heavy atom. The van der Waals surface area contributed by atoms with E-state index < -0.39 is 6.04 Å². The molecule has 1 unspecified atom stereocenters. The van der Waals surface area contributed by atoms with Gasteiger partial charge in [0.15, 0.2) is 0 Å². The van der Waals surface area contributed by atoms with Gasteiger partial charge in [-0.1, -0.05) is 66.2 Å². The van der Waals surface area contributed by atoms with Crippen LogP contribution in [0.15, 0.2) is 77.0 Å². The van der Waals surface area contributed by atoms with Crippen LogP contribution in [-0.4, -0.2) is 16.2 Å². The molecule has 1 N–H and O–H groups in total. The zero-order valence-corrected chi connectivity index (χ0v) is 20.7. The average molecular weight is 483 g/mol. The summed E-state index contributed by atoms with van der Waals surface area (Å²) in [7, 11) is 0. The second-order valence-electron chi connectivity index (χ2n) is 9.03. The first-order valence-electron chi connectivity index (χ1n) is 11.9. The molecule has 0 spiro atoms. The molecule has 0 radical (unpaired) electrons. The molecule has 0 aliphatic carbocycles. The largest absolute Gasteiger partial charge is 0.334 e. The lowest BCUT2D eigenvalue weighted by Crippen LogP contribution is -2.46. The number of carbonyl (C=O) groups excluding carboxylic acids is 1. The van der Waals surface area contributed by atoms with Crippen molar-refractivity contribution < 1.29 is 13.7 Å². The van der Waals surface area contributed by atoms with Crippen molar-refractivity contribution in [3.05, 3.63) is 106 Å². The summed E-state index contributed by atoms with van der Waals surface area (Å²) in [6, 6.07) is 19.8. The molecule has 0 bridgehead atoms. The molecule has 182 valence electrons. The van der Waals surface area contributed by atoms with Crippen molar-refractivity contribution in [3.8, 4) is 11.4 Å². The van der Waals surface area contributed by atoms with Gasteiger partial charge in [0.05, 0.1) is 17.3 Å². The first-order chi connectivity index (χ1) is 17.4. The molecule has 2 heterocycles. The Balaban J connectivity index is 1.64. The van der Waals surface area contributed by atoms with Gasteiger partial charge in [0.1, 0.15) is 5.82 Å². The summed E-state index contributed by atoms with van der Waals surface area (Å²) in [4.78, 5) is 19.6. The Kier molecular flexibility index (Phi) is 6.14. The number of aromatic nitrogens is 2. The van der Waals surface area contributed by atoms with Gasteiger partial charge in [-0.25, -0.2) is 9.18 Å². The van der Waals surface area contributed by atoms with E-state index in [0.717, 1.165) is 23.1 Å². The van der Waals surface area contributed by atoms with Crippen LogP contribution < -0.4 is 10.2 Å². The number of nitrogens with one attached hydrogen (secondary N) is 1. The van der Waals surface area contributed by atoms with E-state index in [1.54, 1.807) is 19.1 Å². The number of aryl methyl sites for hydroxylation is 3. The van der Waals surface area contributed by atoms with Gasteiger partial charge in [-0.15, -0.1) is 0 Å². The summed E-state index contributed by atoms with van der Waals surface area (Å²) in [5.41, 5.74) is 6.40. The van der Waals surface area contributed by atoms with Crippen molar-refractivity contribution in [2.24, 2.45) is 0 Å². The summed E-state index contributed by atoms with van der Waals surface area (Å²) < 4.78 is 19.7. The minimum absolute atomic E-state index is 0.316. The normalized spacial score (nSPS) is 15.9. The highest BCUT2D eigenvalue weighted by molar-refractivity contribution is 6.01. The van der Waals surface area contributed by atoms with Crippen LogP contribution in [0.1, 0.15) is 48.0 Å². The molecule has 0 fully saturated rings. The Hall–Kier alpha value is -4.26. The average Bonchev–Trinajstić information content (AvgIpc) is 3.36. The van der Waals surface area contributed by atoms with Crippen molar-refractivity contribution in [1.82, 2.24) is 15.5 Å². The molecule has 0 saturated carbocycles. The summed E-state index contributed by atoms with van der Waals surface area (Å²) in [5.74, 6) is 0.458. The Bertz CT molecular complexity index is 1460. The summed E-state index contributed by atoms with van der Waals surface area (Å²) in [6.07, 6.45) is 0.945. The van der Waals surface area contributed by atoms with E-state index in [1.807, 2.05) is 62.4 Å². The van der Waals surface area contributed by atoms with E-state index >= 15 is 0 Å². The fraction of sp³-hybridized carbons (Fsp3) is 0.207. The maximum Gasteiger partial charge on any atom is 0.326 e. The van der Waals surface area contributed by atoms with Crippen molar-refractivity contribution in [2.75, 3.05) is 4.90 Å². The third-order valence-electron chi connectivity index (χ3n) is 6.57. The molecular formula is C29H27FN4O2. The monoisotopic (exact) mass is 482 g/mol. The van der Waals surface area contributed by atoms with Crippen LogP contribution in [0.25, 0.3) is 17.0 Å². The van der Waals surface area contributed by atoms with Crippen molar-refractivity contribution in [2.45, 2.75) is 40.2 Å². The smallest absolute Gasteiger partial charge is 0.326 e. The molecule has 1 aliphatic rings. The number of amides is 2. The van der Waals surface area contributed by atoms with E-state index in [2.05, 4.69) is 17.4 Å². The van der Waals surface area contributed by atoms with Crippen molar-refractivity contribution in [3.63, 3.8) is 0 Å². The van der Waals surface area contributed by atoms with Gasteiger partial charge in [-0.05, 0) is 62.1 Å². The number of urea groups is 1. The van der Waals surface area contributed by atoms with Gasteiger partial charge in [0.25, 0.3) is 5.89 Å². The highest BCUT2D eigenvalue weighted by Gasteiger charge is 2.36. The van der Waals surface area contributed by atoms with Gasteiger partial charge in [-0.3, -0.25) is 4.90 Å². The number of hydrogen-bond acceptors (Lipinski definition) is 4. The molecule has 4 aromatic rings. The van der Waals surface area contributed by atoms with Crippen LogP contribution in [0.3, 0.4) is 0 Å². The Labute approximate surface area is 209 Å². The predicted molar refractivity (Wildman–Crippen MR) is 138 cm³/mol. The summed E-state index contributed by atoms with van der Waals surface area (Å²) in [6.45, 7) is 7.63. The fourth-order valence-corrected chi connectivity index (χ4v) is 4.45. The highest BCUT2D eigenvalue weighted by atomic mass is 19.1. The van der Waals surface area contributed by atoms with Gasteiger partial charge < -0.3 is 9.84 Å². The van der Waals surface area contributed by atoms with Crippen LogP contribution in [0, 0.1) is 19.7 Å². The quantitative estimate of drug-likeness (QED) is 0.341. The highest BCUT2D eigenvalue weighted by Crippen LogP contribution is 2.39. The van der Waals surface area contributed by atoms with E-state index in [9.17, 15) is 9.18 Å². The van der Waals surface area contributed by atoms with Gasteiger partial charge >= 0.3 is 6.03 Å². The second-order valence-corrected chi connectivity index (χ2v) is 9.03. The third-order valence-corrected chi connectivity index (χ3v) is 6.57. The molecule has 1 atom stereocenters.